The second-order valence-corrected chi connectivity index (χ2v) is 3.26. The molecule has 0 radical (unpaired) electrons. The van der Waals surface area contributed by atoms with Crippen LogP contribution < -0.4 is 4.74 Å². The first-order valence-electron chi connectivity index (χ1n) is 4.84. The van der Waals surface area contributed by atoms with Crippen LogP contribution in [0, 0.1) is 11.3 Å². The molecule has 0 amide bonds. The van der Waals surface area contributed by atoms with Crippen molar-refractivity contribution in [2.75, 3.05) is 20.3 Å². The molecule has 16 heavy (non-hydrogen) atoms. The molecule has 0 saturated carbocycles. The Hall–Kier alpha value is -2.06. The molecule has 0 fully saturated rings. The van der Waals surface area contributed by atoms with Gasteiger partial charge in [0.15, 0.2) is 0 Å². The maximum atomic E-state index is 8.98. The molecule has 0 aliphatic rings. The Balaban J connectivity index is 2.30. The van der Waals surface area contributed by atoms with E-state index in [1.807, 2.05) is 0 Å². The van der Waals surface area contributed by atoms with Crippen molar-refractivity contribution in [3.8, 4) is 11.8 Å². The fourth-order valence-electron chi connectivity index (χ4n) is 1.41. The van der Waals surface area contributed by atoms with Gasteiger partial charge in [-0.2, -0.15) is 10.4 Å². The Kier molecular flexibility index (Phi) is 3.03. The number of hydrogen-bond donors (Lipinski definition) is 1. The highest BCUT2D eigenvalue weighted by molar-refractivity contribution is 5.81. The SMILES string of the molecule is COCCOc1cc2[nH]ncc2cc1C#N. The number of fused-ring (bicyclic) bond motifs is 1. The molecule has 0 aliphatic carbocycles. The van der Waals surface area contributed by atoms with Crippen molar-refractivity contribution in [3.63, 3.8) is 0 Å². The number of H-pyrrole nitrogens is 1. The van der Waals surface area contributed by atoms with Gasteiger partial charge in [-0.3, -0.25) is 5.10 Å². The number of aromatic amines is 1. The van der Waals surface area contributed by atoms with Crippen molar-refractivity contribution in [2.45, 2.75) is 0 Å². The maximum Gasteiger partial charge on any atom is 0.139 e. The normalized spacial score (nSPS) is 10.2. The Morgan fingerprint density at radius 1 is 1.44 bits per heavy atom. The highest BCUT2D eigenvalue weighted by Gasteiger charge is 2.06. The Labute approximate surface area is 92.6 Å². The fraction of sp³-hybridized carbons (Fsp3) is 0.273. The van der Waals surface area contributed by atoms with E-state index >= 15 is 0 Å². The molecule has 1 aromatic carbocycles. The summed E-state index contributed by atoms with van der Waals surface area (Å²) in [5, 5.41) is 16.6. The van der Waals surface area contributed by atoms with E-state index in [9.17, 15) is 0 Å². The summed E-state index contributed by atoms with van der Waals surface area (Å²) in [6, 6.07) is 5.62. The molecular formula is C11H11N3O2. The number of ether oxygens (including phenoxy) is 2. The second kappa shape index (κ2) is 4.64. The number of benzene rings is 1. The number of nitriles is 1. The average Bonchev–Trinajstić information content (AvgIpc) is 2.75. The molecule has 0 atom stereocenters. The lowest BCUT2D eigenvalue weighted by Gasteiger charge is -2.06. The molecule has 0 aliphatic heterocycles. The first-order valence-corrected chi connectivity index (χ1v) is 4.84. The molecule has 0 bridgehead atoms. The minimum Gasteiger partial charge on any atom is -0.490 e. The van der Waals surface area contributed by atoms with Crippen LogP contribution in [0.4, 0.5) is 0 Å². The summed E-state index contributed by atoms with van der Waals surface area (Å²) < 4.78 is 10.3. The summed E-state index contributed by atoms with van der Waals surface area (Å²) in [5.74, 6) is 0.552. The number of rotatable bonds is 4. The molecule has 1 aromatic heterocycles. The predicted molar refractivity (Wildman–Crippen MR) is 58.2 cm³/mol. The van der Waals surface area contributed by atoms with Gasteiger partial charge in [-0.1, -0.05) is 0 Å². The van der Waals surface area contributed by atoms with Crippen molar-refractivity contribution in [1.82, 2.24) is 10.2 Å². The van der Waals surface area contributed by atoms with Crippen molar-refractivity contribution < 1.29 is 9.47 Å². The summed E-state index contributed by atoms with van der Waals surface area (Å²) >= 11 is 0. The highest BCUT2D eigenvalue weighted by atomic mass is 16.5. The molecule has 1 N–H and O–H groups in total. The van der Waals surface area contributed by atoms with Gasteiger partial charge in [0.25, 0.3) is 0 Å². The number of methoxy groups -OCH3 is 1. The quantitative estimate of drug-likeness (QED) is 0.787. The number of nitrogens with zero attached hydrogens (tertiary/aromatic N) is 2. The van der Waals surface area contributed by atoms with Crippen LogP contribution in [0.15, 0.2) is 18.3 Å². The van der Waals surface area contributed by atoms with E-state index in [1.165, 1.54) is 0 Å². The second-order valence-electron chi connectivity index (χ2n) is 3.26. The van der Waals surface area contributed by atoms with Crippen LogP contribution in [0.25, 0.3) is 10.9 Å². The van der Waals surface area contributed by atoms with Gasteiger partial charge in [-0.05, 0) is 6.07 Å². The minimum absolute atomic E-state index is 0.421. The smallest absolute Gasteiger partial charge is 0.139 e. The minimum atomic E-state index is 0.421. The summed E-state index contributed by atoms with van der Waals surface area (Å²) in [5.41, 5.74) is 1.36. The third-order valence-electron chi connectivity index (χ3n) is 2.21. The number of aromatic nitrogens is 2. The van der Waals surface area contributed by atoms with Crippen LogP contribution in [0.2, 0.25) is 0 Å². The lowest BCUT2D eigenvalue weighted by atomic mass is 10.1. The van der Waals surface area contributed by atoms with Crippen molar-refractivity contribution in [2.24, 2.45) is 0 Å². The van der Waals surface area contributed by atoms with Crippen molar-refractivity contribution in [3.05, 3.63) is 23.9 Å². The van der Waals surface area contributed by atoms with Gasteiger partial charge in [-0.15, -0.1) is 0 Å². The molecule has 0 spiro atoms. The van der Waals surface area contributed by atoms with E-state index in [2.05, 4.69) is 16.3 Å². The van der Waals surface area contributed by atoms with Crippen LogP contribution in [0.1, 0.15) is 5.56 Å². The predicted octanol–water partition coefficient (Wildman–Crippen LogP) is 1.46. The van der Waals surface area contributed by atoms with Gasteiger partial charge in [0, 0.05) is 18.6 Å². The molecule has 0 saturated heterocycles. The van der Waals surface area contributed by atoms with Gasteiger partial charge in [-0.25, -0.2) is 0 Å². The summed E-state index contributed by atoms with van der Waals surface area (Å²) in [6.07, 6.45) is 1.68. The molecule has 5 heteroatoms. The summed E-state index contributed by atoms with van der Waals surface area (Å²) in [7, 11) is 1.60. The van der Waals surface area contributed by atoms with Gasteiger partial charge in [0.05, 0.1) is 23.9 Å². The largest absolute Gasteiger partial charge is 0.490 e. The Bertz CT molecular complexity index is 527. The highest BCUT2D eigenvalue weighted by Crippen LogP contribution is 2.23. The van der Waals surface area contributed by atoms with Gasteiger partial charge < -0.3 is 9.47 Å². The maximum absolute atomic E-state index is 8.98. The van der Waals surface area contributed by atoms with Gasteiger partial charge in [0.1, 0.15) is 18.4 Å². The van der Waals surface area contributed by atoms with E-state index < -0.39 is 0 Å². The Morgan fingerprint density at radius 2 is 2.31 bits per heavy atom. The van der Waals surface area contributed by atoms with Crippen LogP contribution in [0.5, 0.6) is 5.75 Å². The molecular weight excluding hydrogens is 206 g/mol. The molecule has 2 rings (SSSR count). The average molecular weight is 217 g/mol. The molecule has 2 aromatic rings. The van der Waals surface area contributed by atoms with Crippen molar-refractivity contribution in [1.29, 1.82) is 5.26 Å². The molecule has 82 valence electrons. The molecule has 1 heterocycles. The zero-order valence-electron chi connectivity index (χ0n) is 8.86. The van der Waals surface area contributed by atoms with E-state index in [4.69, 9.17) is 14.7 Å². The first kappa shape index (κ1) is 10.5. The van der Waals surface area contributed by atoms with Crippen LogP contribution >= 0.6 is 0 Å². The Morgan fingerprint density at radius 3 is 3.06 bits per heavy atom. The lowest BCUT2D eigenvalue weighted by molar-refractivity contribution is 0.146. The fourth-order valence-corrected chi connectivity index (χ4v) is 1.41. The standard InChI is InChI=1S/C11H11N3O2/c1-15-2-3-16-11-5-10-9(7-13-14-10)4-8(11)6-12/h4-5,7H,2-3H2,1H3,(H,13,14). The van der Waals surface area contributed by atoms with Crippen LogP contribution in [-0.2, 0) is 4.74 Å². The van der Waals surface area contributed by atoms with Crippen LogP contribution in [-0.4, -0.2) is 30.5 Å². The first-order chi connectivity index (χ1) is 7.85. The zero-order valence-corrected chi connectivity index (χ0v) is 8.86. The molecule has 5 nitrogen and oxygen atoms in total. The van der Waals surface area contributed by atoms with Crippen molar-refractivity contribution >= 4 is 10.9 Å². The number of hydrogen-bond acceptors (Lipinski definition) is 4. The molecule has 0 unspecified atom stereocenters. The van der Waals surface area contributed by atoms with Gasteiger partial charge >= 0.3 is 0 Å². The van der Waals surface area contributed by atoms with E-state index in [0.29, 0.717) is 24.5 Å². The van der Waals surface area contributed by atoms with E-state index in [0.717, 1.165) is 10.9 Å². The lowest BCUT2D eigenvalue weighted by Crippen LogP contribution is -2.05. The van der Waals surface area contributed by atoms with E-state index in [1.54, 1.807) is 25.4 Å². The summed E-state index contributed by atoms with van der Waals surface area (Å²) in [4.78, 5) is 0. The third kappa shape index (κ3) is 1.97. The topological polar surface area (TPSA) is 70.9 Å². The third-order valence-corrected chi connectivity index (χ3v) is 2.21. The number of nitrogens with one attached hydrogen (secondary N) is 1. The van der Waals surface area contributed by atoms with Gasteiger partial charge in [0.2, 0.25) is 0 Å². The van der Waals surface area contributed by atoms with Crippen LogP contribution in [0.3, 0.4) is 0 Å². The van der Waals surface area contributed by atoms with E-state index in [-0.39, 0.29) is 0 Å². The summed E-state index contributed by atoms with van der Waals surface area (Å²) in [6.45, 7) is 0.913. The zero-order chi connectivity index (χ0) is 11.4. The monoisotopic (exact) mass is 217 g/mol.